The van der Waals surface area contributed by atoms with Crippen LogP contribution >= 0.6 is 0 Å². The molecule has 0 spiro atoms. The quantitative estimate of drug-likeness (QED) is 0.710. The number of nitrogens with one attached hydrogen (secondary N) is 1. The molecule has 1 aromatic rings. The number of ether oxygens (including phenoxy) is 2. The average molecular weight is 280 g/mol. The van der Waals surface area contributed by atoms with Gasteiger partial charge in [-0.2, -0.15) is 0 Å². The van der Waals surface area contributed by atoms with Crippen LogP contribution in [0.3, 0.4) is 0 Å². The van der Waals surface area contributed by atoms with Crippen molar-refractivity contribution in [2.45, 2.75) is 32.2 Å². The van der Waals surface area contributed by atoms with Gasteiger partial charge in [0.25, 0.3) is 0 Å². The first kappa shape index (κ1) is 16.3. The van der Waals surface area contributed by atoms with Crippen LogP contribution in [-0.2, 0) is 4.79 Å². The molecule has 0 heterocycles. The minimum Gasteiger partial charge on any atom is -0.493 e. The maximum atomic E-state index is 11.4. The Labute approximate surface area is 120 Å². The lowest BCUT2D eigenvalue weighted by Gasteiger charge is -2.25. The first-order chi connectivity index (χ1) is 9.42. The third-order valence-corrected chi connectivity index (χ3v) is 3.49. The molecule has 0 aliphatic carbocycles. The van der Waals surface area contributed by atoms with E-state index in [1.807, 2.05) is 25.1 Å². The molecule has 1 atom stereocenters. The number of hydrogen-bond donors (Lipinski definition) is 2. The van der Waals surface area contributed by atoms with Crippen LogP contribution in [0.5, 0.6) is 11.5 Å². The summed E-state index contributed by atoms with van der Waals surface area (Å²) in [6, 6.07) is 5.79. The minimum atomic E-state index is -0.694. The summed E-state index contributed by atoms with van der Waals surface area (Å²) in [5, 5.41) is 2.95. The number of benzene rings is 1. The van der Waals surface area contributed by atoms with Crippen LogP contribution in [0, 0.1) is 6.92 Å². The molecule has 0 aliphatic heterocycles. The van der Waals surface area contributed by atoms with Gasteiger partial charge in [0, 0.05) is 0 Å². The van der Waals surface area contributed by atoms with Gasteiger partial charge in [-0.3, -0.25) is 4.79 Å². The molecule has 20 heavy (non-hydrogen) atoms. The number of carbonyl (C=O) groups excluding carboxylic acids is 1. The van der Waals surface area contributed by atoms with E-state index < -0.39 is 5.54 Å². The van der Waals surface area contributed by atoms with Crippen LogP contribution in [-0.4, -0.2) is 32.2 Å². The van der Waals surface area contributed by atoms with E-state index in [2.05, 4.69) is 5.32 Å². The Morgan fingerprint density at radius 2 is 2.10 bits per heavy atom. The first-order valence-electron chi connectivity index (χ1n) is 6.69. The fourth-order valence-electron chi connectivity index (χ4n) is 1.87. The topological polar surface area (TPSA) is 73.6 Å². The maximum absolute atomic E-state index is 11.4. The summed E-state index contributed by atoms with van der Waals surface area (Å²) in [7, 11) is 3.35. The predicted molar refractivity (Wildman–Crippen MR) is 79.1 cm³/mol. The number of likely N-dealkylation sites (N-methyl/N-ethyl adjacent to an activating group) is 1. The van der Waals surface area contributed by atoms with Gasteiger partial charge >= 0.3 is 0 Å². The van der Waals surface area contributed by atoms with Gasteiger partial charge in [0.15, 0.2) is 11.5 Å². The van der Waals surface area contributed by atoms with E-state index in [-0.39, 0.29) is 5.91 Å². The molecular weight excluding hydrogens is 256 g/mol. The highest BCUT2D eigenvalue weighted by molar-refractivity contribution is 5.84. The molecule has 0 fully saturated rings. The molecule has 3 N–H and O–H groups in total. The first-order valence-corrected chi connectivity index (χ1v) is 6.69. The molecule has 1 unspecified atom stereocenters. The highest BCUT2D eigenvalue weighted by atomic mass is 16.5. The normalized spacial score (nSPS) is 13.6. The molecule has 0 aliphatic rings. The molecule has 5 heteroatoms. The van der Waals surface area contributed by atoms with Crippen LogP contribution in [0.4, 0.5) is 0 Å². The summed E-state index contributed by atoms with van der Waals surface area (Å²) in [5.74, 6) is 1.08. The van der Waals surface area contributed by atoms with Crippen LogP contribution in [0.1, 0.15) is 25.3 Å². The van der Waals surface area contributed by atoms with Crippen molar-refractivity contribution in [3.8, 4) is 11.5 Å². The molecule has 0 aromatic heterocycles. The summed E-state index contributed by atoms with van der Waals surface area (Å²) in [6.07, 6.45) is 1.34. The zero-order valence-electron chi connectivity index (χ0n) is 12.7. The lowest BCUT2D eigenvalue weighted by molar-refractivity contribution is -0.123. The van der Waals surface area contributed by atoms with E-state index in [4.69, 9.17) is 15.2 Å². The number of hydrogen-bond acceptors (Lipinski definition) is 4. The Bertz CT molecular complexity index is 462. The van der Waals surface area contributed by atoms with Crippen molar-refractivity contribution < 1.29 is 14.3 Å². The molecule has 0 bridgehead atoms. The summed E-state index contributed by atoms with van der Waals surface area (Å²) < 4.78 is 11.0. The van der Waals surface area contributed by atoms with Gasteiger partial charge in [-0.1, -0.05) is 6.07 Å². The number of nitrogens with two attached hydrogens (primary N) is 1. The summed E-state index contributed by atoms with van der Waals surface area (Å²) >= 11 is 0. The van der Waals surface area contributed by atoms with Crippen molar-refractivity contribution in [1.29, 1.82) is 0 Å². The number of amides is 1. The van der Waals surface area contributed by atoms with Gasteiger partial charge in [0.1, 0.15) is 0 Å². The molecule has 0 saturated carbocycles. The van der Waals surface area contributed by atoms with Crippen molar-refractivity contribution in [2.24, 2.45) is 5.73 Å². The van der Waals surface area contributed by atoms with Gasteiger partial charge in [-0.05, 0) is 51.4 Å². The summed E-state index contributed by atoms with van der Waals surface area (Å²) in [4.78, 5) is 11.4. The molecule has 1 amide bonds. The molecule has 0 saturated heterocycles. The number of carbonyl (C=O) groups is 1. The van der Waals surface area contributed by atoms with Crippen molar-refractivity contribution in [1.82, 2.24) is 5.32 Å². The van der Waals surface area contributed by atoms with Gasteiger partial charge in [-0.25, -0.2) is 0 Å². The van der Waals surface area contributed by atoms with Crippen molar-refractivity contribution in [3.63, 3.8) is 0 Å². The second-order valence-electron chi connectivity index (χ2n) is 5.05. The van der Waals surface area contributed by atoms with Crippen LogP contribution < -0.4 is 20.5 Å². The van der Waals surface area contributed by atoms with Crippen molar-refractivity contribution in [2.75, 3.05) is 20.8 Å². The highest BCUT2D eigenvalue weighted by Gasteiger charge is 2.28. The molecule has 0 radical (unpaired) electrons. The Morgan fingerprint density at radius 1 is 1.40 bits per heavy atom. The van der Waals surface area contributed by atoms with E-state index in [1.54, 1.807) is 21.1 Å². The van der Waals surface area contributed by atoms with Gasteiger partial charge < -0.3 is 20.5 Å². The van der Waals surface area contributed by atoms with E-state index >= 15 is 0 Å². The third-order valence-electron chi connectivity index (χ3n) is 3.49. The fraction of sp³-hybridized carbons (Fsp3) is 0.533. The average Bonchev–Trinajstić information content (AvgIpc) is 2.44. The van der Waals surface area contributed by atoms with Gasteiger partial charge in [-0.15, -0.1) is 0 Å². The molecule has 1 aromatic carbocycles. The fourth-order valence-corrected chi connectivity index (χ4v) is 1.87. The van der Waals surface area contributed by atoms with E-state index in [0.29, 0.717) is 18.8 Å². The lowest BCUT2D eigenvalue weighted by atomic mass is 9.95. The number of methoxy groups -OCH3 is 1. The Morgan fingerprint density at radius 3 is 2.65 bits per heavy atom. The van der Waals surface area contributed by atoms with Crippen molar-refractivity contribution in [3.05, 3.63) is 23.8 Å². The van der Waals surface area contributed by atoms with E-state index in [1.165, 1.54) is 0 Å². The second-order valence-corrected chi connectivity index (χ2v) is 5.05. The van der Waals surface area contributed by atoms with Crippen LogP contribution in [0.15, 0.2) is 18.2 Å². The smallest absolute Gasteiger partial charge is 0.237 e. The maximum Gasteiger partial charge on any atom is 0.237 e. The standard InChI is InChI=1S/C15H24N2O3/c1-11-6-7-12(13(10-11)19-4)20-9-5-8-15(2,17-3)14(16)18/h6-7,10,17H,5,8-9H2,1-4H3,(H2,16,18). The molecular formula is C15H24N2O3. The van der Waals surface area contributed by atoms with Crippen LogP contribution in [0.25, 0.3) is 0 Å². The molecule has 1 rings (SSSR count). The van der Waals surface area contributed by atoms with Gasteiger partial charge in [0.05, 0.1) is 19.3 Å². The molecule has 5 nitrogen and oxygen atoms in total. The Hall–Kier alpha value is -1.75. The zero-order valence-corrected chi connectivity index (χ0v) is 12.7. The van der Waals surface area contributed by atoms with Crippen molar-refractivity contribution >= 4 is 5.91 Å². The number of rotatable bonds is 8. The highest BCUT2D eigenvalue weighted by Crippen LogP contribution is 2.28. The minimum absolute atomic E-state index is 0.354. The number of aryl methyl sites for hydroxylation is 1. The number of primary amides is 1. The lowest BCUT2D eigenvalue weighted by Crippen LogP contribution is -2.51. The SMILES string of the molecule is CNC(C)(CCCOc1ccc(C)cc1OC)C(N)=O. The van der Waals surface area contributed by atoms with E-state index in [0.717, 1.165) is 17.7 Å². The summed E-state index contributed by atoms with van der Waals surface area (Å²) in [6.45, 7) is 4.29. The monoisotopic (exact) mass is 280 g/mol. The van der Waals surface area contributed by atoms with E-state index in [9.17, 15) is 4.79 Å². The Kier molecular flexibility index (Phi) is 5.82. The predicted octanol–water partition coefficient (Wildman–Crippen LogP) is 1.63. The second kappa shape index (κ2) is 7.14. The van der Waals surface area contributed by atoms with Crippen LogP contribution in [0.2, 0.25) is 0 Å². The zero-order chi connectivity index (χ0) is 15.2. The van der Waals surface area contributed by atoms with Gasteiger partial charge in [0.2, 0.25) is 5.91 Å². The largest absolute Gasteiger partial charge is 0.493 e. The summed E-state index contributed by atoms with van der Waals surface area (Å²) in [5.41, 5.74) is 5.80. The third kappa shape index (κ3) is 4.13. The molecule has 112 valence electrons. The Balaban J connectivity index is 2.51.